The van der Waals surface area contributed by atoms with Crippen LogP contribution in [0.25, 0.3) is 0 Å². The molecular formula is C15H14F3N3O4. The summed E-state index contributed by atoms with van der Waals surface area (Å²) in [5.74, 6) is -1.31. The Morgan fingerprint density at radius 1 is 1.44 bits per heavy atom. The van der Waals surface area contributed by atoms with Crippen LogP contribution in [0.2, 0.25) is 0 Å². The third-order valence-electron chi connectivity index (χ3n) is 4.34. The Morgan fingerprint density at radius 2 is 2.08 bits per heavy atom. The summed E-state index contributed by atoms with van der Waals surface area (Å²) in [6, 6.07) is 3.20. The Morgan fingerprint density at radius 3 is 2.56 bits per heavy atom. The number of carbonyl (C=O) groups excluding carboxylic acids is 1. The molecule has 1 heterocycles. The summed E-state index contributed by atoms with van der Waals surface area (Å²) in [4.78, 5) is 22.7. The van der Waals surface area contributed by atoms with Crippen LogP contribution in [0.15, 0.2) is 23.3 Å². The Kier molecular flexibility index (Phi) is 3.82. The van der Waals surface area contributed by atoms with E-state index in [-0.39, 0.29) is 33.5 Å². The van der Waals surface area contributed by atoms with E-state index in [1.54, 1.807) is 0 Å². The molecule has 0 aromatic heterocycles. The van der Waals surface area contributed by atoms with Gasteiger partial charge in [0.05, 0.1) is 4.92 Å². The van der Waals surface area contributed by atoms with Gasteiger partial charge in [-0.05, 0) is 37.8 Å². The Hall–Kier alpha value is -2.49. The fraction of sp³-hybridized carbons (Fsp3) is 0.467. The first-order valence-corrected chi connectivity index (χ1v) is 7.50. The maximum Gasteiger partial charge on any atom is 0.438 e. The molecule has 1 fully saturated rings. The SMILES string of the molecule is Cc1cc(C(=O)N2N=C(C3CC3)C[C@@]2(O)C(F)(F)F)ccc1[N+](=O)[O-]. The van der Waals surface area contributed by atoms with Crippen molar-refractivity contribution in [1.29, 1.82) is 0 Å². The third-order valence-corrected chi connectivity index (χ3v) is 4.34. The first-order chi connectivity index (χ1) is 11.5. The van der Waals surface area contributed by atoms with Gasteiger partial charge in [-0.2, -0.15) is 23.3 Å². The number of rotatable bonds is 3. The summed E-state index contributed by atoms with van der Waals surface area (Å²) in [5, 5.41) is 24.7. The van der Waals surface area contributed by atoms with Crippen LogP contribution < -0.4 is 0 Å². The lowest BCUT2D eigenvalue weighted by atomic mass is 10.0. The average Bonchev–Trinajstić information content (AvgIpc) is 3.28. The number of aryl methyl sites for hydroxylation is 1. The first kappa shape index (κ1) is 17.3. The van der Waals surface area contributed by atoms with E-state index in [1.165, 1.54) is 6.92 Å². The second-order valence-corrected chi connectivity index (χ2v) is 6.23. The van der Waals surface area contributed by atoms with Gasteiger partial charge in [0, 0.05) is 29.3 Å². The van der Waals surface area contributed by atoms with Gasteiger partial charge in [0.2, 0.25) is 0 Å². The van der Waals surface area contributed by atoms with Crippen LogP contribution in [0, 0.1) is 23.0 Å². The fourth-order valence-electron chi connectivity index (χ4n) is 2.77. The van der Waals surface area contributed by atoms with Gasteiger partial charge in [0.25, 0.3) is 17.3 Å². The average molecular weight is 357 g/mol. The van der Waals surface area contributed by atoms with Gasteiger partial charge in [0.1, 0.15) is 0 Å². The molecule has 1 aromatic rings. The molecule has 0 spiro atoms. The van der Waals surface area contributed by atoms with Gasteiger partial charge in [-0.3, -0.25) is 14.9 Å². The number of carbonyl (C=O) groups is 1. The molecule has 7 nitrogen and oxygen atoms in total. The number of aliphatic hydroxyl groups is 1. The molecule has 0 bridgehead atoms. The number of benzene rings is 1. The van der Waals surface area contributed by atoms with Crippen molar-refractivity contribution in [3.05, 3.63) is 39.4 Å². The predicted molar refractivity (Wildman–Crippen MR) is 79.8 cm³/mol. The molecule has 25 heavy (non-hydrogen) atoms. The second-order valence-electron chi connectivity index (χ2n) is 6.23. The minimum atomic E-state index is -5.08. The third kappa shape index (κ3) is 2.86. The van der Waals surface area contributed by atoms with Gasteiger partial charge >= 0.3 is 6.18 Å². The van der Waals surface area contributed by atoms with Crippen LogP contribution in [0.1, 0.15) is 35.2 Å². The highest BCUT2D eigenvalue weighted by Crippen LogP contribution is 2.45. The predicted octanol–water partition coefficient (Wildman–Crippen LogP) is 2.77. The molecule has 1 N–H and O–H groups in total. The zero-order valence-corrected chi connectivity index (χ0v) is 13.1. The minimum Gasteiger partial charge on any atom is -0.362 e. The molecule has 0 radical (unpaired) electrons. The number of amides is 1. The van der Waals surface area contributed by atoms with Crippen LogP contribution >= 0.6 is 0 Å². The molecule has 1 atom stereocenters. The van der Waals surface area contributed by atoms with E-state index in [1.807, 2.05) is 0 Å². The number of nitrogens with zero attached hydrogens (tertiary/aromatic N) is 3. The first-order valence-electron chi connectivity index (χ1n) is 7.50. The van der Waals surface area contributed by atoms with Gasteiger partial charge in [-0.15, -0.1) is 0 Å². The highest BCUT2D eigenvalue weighted by atomic mass is 19.4. The van der Waals surface area contributed by atoms with Crippen LogP contribution in [0.4, 0.5) is 18.9 Å². The van der Waals surface area contributed by atoms with Crippen molar-refractivity contribution < 1.29 is 28.0 Å². The lowest BCUT2D eigenvalue weighted by Gasteiger charge is -2.32. The number of hydrogen-bond donors (Lipinski definition) is 1. The van der Waals surface area contributed by atoms with Gasteiger partial charge < -0.3 is 5.11 Å². The summed E-state index contributed by atoms with van der Waals surface area (Å²) >= 11 is 0. The molecule has 0 unspecified atom stereocenters. The van der Waals surface area contributed by atoms with E-state index >= 15 is 0 Å². The van der Waals surface area contributed by atoms with Crippen molar-refractivity contribution in [2.24, 2.45) is 11.0 Å². The normalized spacial score (nSPS) is 23.6. The smallest absolute Gasteiger partial charge is 0.362 e. The largest absolute Gasteiger partial charge is 0.438 e. The van der Waals surface area contributed by atoms with Crippen molar-refractivity contribution in [1.82, 2.24) is 5.01 Å². The fourth-order valence-corrected chi connectivity index (χ4v) is 2.77. The van der Waals surface area contributed by atoms with E-state index in [4.69, 9.17) is 0 Å². The summed E-state index contributed by atoms with van der Waals surface area (Å²) in [5.41, 5.74) is -3.61. The van der Waals surface area contributed by atoms with Crippen LogP contribution in [0.5, 0.6) is 0 Å². The number of hydrazone groups is 1. The van der Waals surface area contributed by atoms with Crippen LogP contribution in [-0.2, 0) is 0 Å². The van der Waals surface area contributed by atoms with Gasteiger partial charge in [-0.25, -0.2) is 0 Å². The standard InChI is InChI=1S/C15H14F3N3O4/c1-8-6-10(4-5-12(8)21(24)25)13(22)20-14(23,15(16,17)18)7-11(19-20)9-2-3-9/h4-6,9,23H,2-3,7H2,1H3/t14-/m1/s1. The number of halogens is 3. The molecule has 2 aliphatic rings. The lowest BCUT2D eigenvalue weighted by Crippen LogP contribution is -2.56. The van der Waals surface area contributed by atoms with Crippen LogP contribution in [0.3, 0.4) is 0 Å². The Balaban J connectivity index is 1.98. The molecule has 1 aliphatic carbocycles. The quantitative estimate of drug-likeness (QED) is 0.664. The Labute approximate surface area is 139 Å². The Bertz CT molecular complexity index is 789. The molecule has 1 amide bonds. The van der Waals surface area contributed by atoms with Crippen molar-refractivity contribution in [3.63, 3.8) is 0 Å². The van der Waals surface area contributed by atoms with Crippen LogP contribution in [-0.4, -0.2) is 38.6 Å². The van der Waals surface area contributed by atoms with Crippen molar-refractivity contribution in [2.45, 2.75) is 38.1 Å². The number of alkyl halides is 3. The van der Waals surface area contributed by atoms with Gasteiger partial charge in [-0.1, -0.05) is 0 Å². The molecule has 134 valence electrons. The summed E-state index contributed by atoms with van der Waals surface area (Å²) in [6.45, 7) is 1.37. The minimum absolute atomic E-state index is 0.0568. The highest BCUT2D eigenvalue weighted by molar-refractivity contribution is 5.99. The second kappa shape index (κ2) is 5.51. The number of nitro benzene ring substituents is 1. The zero-order chi connectivity index (χ0) is 18.6. The molecule has 0 saturated heterocycles. The van der Waals surface area contributed by atoms with E-state index < -0.39 is 29.2 Å². The molecule has 1 aromatic carbocycles. The molecule has 1 saturated carbocycles. The highest BCUT2D eigenvalue weighted by Gasteiger charge is 2.64. The van der Waals surface area contributed by atoms with E-state index in [0.29, 0.717) is 12.8 Å². The van der Waals surface area contributed by atoms with E-state index in [9.17, 15) is 33.2 Å². The molecule has 1 aliphatic heterocycles. The molecular weight excluding hydrogens is 343 g/mol. The van der Waals surface area contributed by atoms with E-state index in [2.05, 4.69) is 5.10 Å². The van der Waals surface area contributed by atoms with Crippen molar-refractivity contribution in [3.8, 4) is 0 Å². The maximum absolute atomic E-state index is 13.4. The monoisotopic (exact) mass is 357 g/mol. The van der Waals surface area contributed by atoms with Crippen molar-refractivity contribution in [2.75, 3.05) is 0 Å². The lowest BCUT2D eigenvalue weighted by molar-refractivity contribution is -0.385. The topological polar surface area (TPSA) is 96.0 Å². The van der Waals surface area contributed by atoms with Crippen molar-refractivity contribution >= 4 is 17.3 Å². The summed E-state index contributed by atoms with van der Waals surface area (Å²) in [7, 11) is 0. The summed E-state index contributed by atoms with van der Waals surface area (Å²) in [6.07, 6.45) is -4.52. The molecule has 3 rings (SSSR count). The number of nitro groups is 1. The maximum atomic E-state index is 13.4. The summed E-state index contributed by atoms with van der Waals surface area (Å²) < 4.78 is 40.1. The molecule has 10 heteroatoms. The zero-order valence-electron chi connectivity index (χ0n) is 13.1. The number of hydrogen-bond acceptors (Lipinski definition) is 5. The van der Waals surface area contributed by atoms with E-state index in [0.717, 1.165) is 18.2 Å². The van der Waals surface area contributed by atoms with Gasteiger partial charge in [0.15, 0.2) is 0 Å².